The van der Waals surface area contributed by atoms with Crippen molar-refractivity contribution < 1.29 is 47.8 Å². The predicted octanol–water partition coefficient (Wildman–Crippen LogP) is 4.86. The summed E-state index contributed by atoms with van der Waals surface area (Å²) in [6.45, 7) is 3.29. The summed E-state index contributed by atoms with van der Waals surface area (Å²) < 4.78 is 16.6. The van der Waals surface area contributed by atoms with Crippen LogP contribution in [0.15, 0.2) is 133 Å². The first-order valence-electron chi connectivity index (χ1n) is 15.4. The number of hydrogen-bond acceptors (Lipinski definition) is 5. The van der Waals surface area contributed by atoms with Gasteiger partial charge in [-0.3, -0.25) is 9.59 Å². The molecule has 0 N–H and O–H groups in total. The number of rotatable bonds is 13. The maximum atomic E-state index is 11.4. The molecule has 0 aromatic heterocycles. The molecule has 0 saturated heterocycles. The Hall–Kier alpha value is -4.26. The van der Waals surface area contributed by atoms with Crippen molar-refractivity contribution >= 4 is 47.3 Å². The lowest BCUT2D eigenvalue weighted by molar-refractivity contribution is -0.132. The minimum atomic E-state index is -1.84. The normalized spacial score (nSPS) is 11.0. The maximum absolute atomic E-state index is 11.4. The third kappa shape index (κ3) is 9.87. The molecule has 5 aromatic carbocycles. The smallest absolute Gasteiger partial charge is 0.308 e. The van der Waals surface area contributed by atoms with Crippen molar-refractivity contribution in [3.8, 4) is 17.2 Å². The first kappa shape index (κ1) is 35.6. The van der Waals surface area contributed by atoms with Crippen molar-refractivity contribution in [2.75, 3.05) is 12.8 Å². The van der Waals surface area contributed by atoms with Gasteiger partial charge in [0.2, 0.25) is 0 Å². The Balaban J connectivity index is 0.00000500. The Bertz CT molecular complexity index is 1630. The van der Waals surface area contributed by atoms with Crippen molar-refractivity contribution in [1.82, 2.24) is 0 Å². The van der Waals surface area contributed by atoms with E-state index in [0.29, 0.717) is 18.1 Å². The molecule has 5 aromatic rings. The van der Waals surface area contributed by atoms with Gasteiger partial charge in [-0.2, -0.15) is 0 Å². The molecule has 240 valence electrons. The minimum Gasteiger partial charge on any atom is -1.00 e. The topological polar surface area (TPSA) is 61.8 Å². The number of carbonyl (C=O) groups excluding carboxylic acids is 2. The van der Waals surface area contributed by atoms with Gasteiger partial charge in [-0.25, -0.2) is 0 Å². The van der Waals surface area contributed by atoms with Crippen LogP contribution in [-0.4, -0.2) is 24.7 Å². The number of benzene rings is 5. The van der Waals surface area contributed by atoms with E-state index < -0.39 is 19.2 Å². The van der Waals surface area contributed by atoms with Crippen LogP contribution in [0.4, 0.5) is 0 Å². The first-order valence-corrected chi connectivity index (χ1v) is 17.4. The Kier molecular flexibility index (Phi) is 13.3. The van der Waals surface area contributed by atoms with Gasteiger partial charge in [0, 0.05) is 19.9 Å². The van der Waals surface area contributed by atoms with Crippen LogP contribution in [0.25, 0.3) is 12.2 Å². The molecule has 5 nitrogen and oxygen atoms in total. The largest absolute Gasteiger partial charge is 1.00 e. The van der Waals surface area contributed by atoms with Gasteiger partial charge in [-0.1, -0.05) is 78.9 Å². The molecule has 0 bridgehead atoms. The van der Waals surface area contributed by atoms with Crippen LogP contribution in [0.1, 0.15) is 37.8 Å². The van der Waals surface area contributed by atoms with Gasteiger partial charge in [0.25, 0.3) is 0 Å². The van der Waals surface area contributed by atoms with Crippen molar-refractivity contribution in [2.24, 2.45) is 0 Å². The number of unbranched alkanes of at least 4 members (excludes halogenated alkanes) is 1. The zero-order valence-corrected chi connectivity index (χ0v) is 29.6. The summed E-state index contributed by atoms with van der Waals surface area (Å²) in [5, 5.41) is 4.20. The van der Waals surface area contributed by atoms with E-state index in [0.717, 1.165) is 35.9 Å². The highest BCUT2D eigenvalue weighted by Gasteiger charge is 2.44. The number of hydrogen-bond donors (Lipinski definition) is 0. The van der Waals surface area contributed by atoms with Crippen molar-refractivity contribution in [1.29, 1.82) is 0 Å². The van der Waals surface area contributed by atoms with Gasteiger partial charge >= 0.3 is 11.9 Å². The zero-order valence-electron chi connectivity index (χ0n) is 26.6. The van der Waals surface area contributed by atoms with Gasteiger partial charge < -0.3 is 38.2 Å². The van der Waals surface area contributed by atoms with Gasteiger partial charge in [0.05, 0.1) is 12.8 Å². The van der Waals surface area contributed by atoms with Crippen molar-refractivity contribution in [2.45, 2.75) is 26.7 Å². The molecule has 0 spiro atoms. The molecule has 0 atom stereocenters. The first-order chi connectivity index (χ1) is 22.4. The summed E-state index contributed by atoms with van der Waals surface area (Å²) in [6.07, 6.45) is 6.86. The maximum Gasteiger partial charge on any atom is 0.308 e. The summed E-state index contributed by atoms with van der Waals surface area (Å²) in [4.78, 5) is 22.9. The lowest BCUT2D eigenvalue weighted by Crippen LogP contribution is -3.00. The van der Waals surface area contributed by atoms with Crippen LogP contribution < -0.4 is 54.1 Å². The molecule has 0 amide bonds. The van der Waals surface area contributed by atoms with E-state index in [1.165, 1.54) is 35.8 Å². The second-order valence-electron chi connectivity index (χ2n) is 10.9. The average Bonchev–Trinajstić information content (AvgIpc) is 3.06. The third-order valence-corrected chi connectivity index (χ3v) is 12.0. The molecule has 0 aliphatic rings. The van der Waals surface area contributed by atoms with E-state index in [9.17, 15) is 9.59 Å². The van der Waals surface area contributed by atoms with Gasteiger partial charge in [-0.05, 0) is 84.6 Å². The SMILES string of the molecule is CC(=O)Oc1cc(/C=C/c2ccc(OCCCC[P+](c3ccccc3)(c3ccccc3)c3ccccc3)cc2)cc(OC(C)=O)c1.[I-]. The number of carbonyl (C=O) groups is 2. The Labute approximate surface area is 295 Å². The second-order valence-corrected chi connectivity index (χ2v) is 14.5. The van der Waals surface area contributed by atoms with Crippen LogP contribution >= 0.6 is 7.26 Å². The molecule has 0 unspecified atom stereocenters. The summed E-state index contributed by atoms with van der Waals surface area (Å²) in [5.41, 5.74) is 1.71. The summed E-state index contributed by atoms with van der Waals surface area (Å²) >= 11 is 0. The molecule has 0 saturated carbocycles. The van der Waals surface area contributed by atoms with E-state index in [1.807, 2.05) is 36.4 Å². The predicted molar refractivity (Wildman–Crippen MR) is 189 cm³/mol. The molecule has 7 heteroatoms. The number of esters is 2. The molecule has 0 aliphatic heterocycles. The average molecular weight is 757 g/mol. The van der Waals surface area contributed by atoms with Crippen LogP contribution in [0, 0.1) is 0 Å². The second kappa shape index (κ2) is 17.6. The summed E-state index contributed by atoms with van der Waals surface area (Å²) in [6, 6.07) is 45.8. The van der Waals surface area contributed by atoms with Gasteiger partial charge in [0.1, 0.15) is 40.4 Å². The molecule has 0 aliphatic carbocycles. The van der Waals surface area contributed by atoms with Crippen LogP contribution in [0.3, 0.4) is 0 Å². The van der Waals surface area contributed by atoms with E-state index in [4.69, 9.17) is 14.2 Å². The van der Waals surface area contributed by atoms with Crippen LogP contribution in [0.2, 0.25) is 0 Å². The zero-order chi connectivity index (χ0) is 32.2. The van der Waals surface area contributed by atoms with Gasteiger partial charge in [-0.15, -0.1) is 0 Å². The molecule has 0 fully saturated rings. The molecular formula is C40H38IO5P. The quantitative estimate of drug-likeness (QED) is 0.0429. The van der Waals surface area contributed by atoms with E-state index in [-0.39, 0.29) is 24.0 Å². The van der Waals surface area contributed by atoms with E-state index in [1.54, 1.807) is 12.1 Å². The molecule has 47 heavy (non-hydrogen) atoms. The fourth-order valence-electron chi connectivity index (χ4n) is 5.53. The highest BCUT2D eigenvalue weighted by molar-refractivity contribution is 7.95. The van der Waals surface area contributed by atoms with Crippen LogP contribution in [-0.2, 0) is 9.59 Å². The third-order valence-electron chi connectivity index (χ3n) is 7.52. The molecule has 5 rings (SSSR count). The van der Waals surface area contributed by atoms with Crippen molar-refractivity contribution in [3.05, 3.63) is 145 Å². The standard InChI is InChI=1S/C40H38O5P.HI/c1-31(41)44-36-28-34(29-37(30-36)45-32(2)42)21-20-33-22-24-35(25-23-33)43-26-12-13-27-46(38-14-6-3-7-15-38,39-16-8-4-9-17-39)40-18-10-5-11-19-40;/h3-11,14-25,28-30H,12-13,26-27H2,1-2H3;1H/q+1;/p-1/b21-20+;. The lowest BCUT2D eigenvalue weighted by atomic mass is 10.1. The monoisotopic (exact) mass is 756 g/mol. The summed E-state index contributed by atoms with van der Waals surface area (Å²) in [7, 11) is -1.84. The number of halogens is 1. The fraction of sp³-hybridized carbons (Fsp3) is 0.150. The lowest BCUT2D eigenvalue weighted by Gasteiger charge is -2.27. The molecular weight excluding hydrogens is 718 g/mol. The molecule has 0 heterocycles. The number of ether oxygens (including phenoxy) is 3. The van der Waals surface area contributed by atoms with E-state index in [2.05, 4.69) is 91.0 Å². The fourth-order valence-corrected chi connectivity index (χ4v) is 9.94. The van der Waals surface area contributed by atoms with Crippen molar-refractivity contribution in [3.63, 3.8) is 0 Å². The Morgan fingerprint density at radius 2 is 1.00 bits per heavy atom. The Morgan fingerprint density at radius 1 is 0.553 bits per heavy atom. The van der Waals surface area contributed by atoms with E-state index >= 15 is 0 Å². The molecule has 0 radical (unpaired) electrons. The van der Waals surface area contributed by atoms with Crippen LogP contribution in [0.5, 0.6) is 17.2 Å². The summed E-state index contributed by atoms with van der Waals surface area (Å²) in [5.74, 6) is 0.544. The Morgan fingerprint density at radius 3 is 1.45 bits per heavy atom. The highest BCUT2D eigenvalue weighted by atomic mass is 127. The van der Waals surface area contributed by atoms with Gasteiger partial charge in [0.15, 0.2) is 0 Å². The highest BCUT2D eigenvalue weighted by Crippen LogP contribution is 2.55. The minimum absolute atomic E-state index is 0.